The highest BCUT2D eigenvalue weighted by Crippen LogP contribution is 2.42. The minimum absolute atomic E-state index is 0.0201. The highest BCUT2D eigenvalue weighted by atomic mass is 28.4. The van der Waals surface area contributed by atoms with Crippen LogP contribution in [0.2, 0.25) is 54.4 Å². The van der Waals surface area contributed by atoms with E-state index in [1.165, 1.54) is 0 Å². The molecule has 1 aromatic heterocycles. The number of carbonyl (C=O) groups is 1. The van der Waals surface area contributed by atoms with E-state index < -0.39 is 25.0 Å². The molecule has 0 radical (unpaired) electrons. The fraction of sp³-hybridized carbons (Fsp3) is 0.769. The van der Waals surface area contributed by atoms with Crippen molar-refractivity contribution >= 4 is 30.9 Å². The third-order valence-corrected chi connectivity index (χ3v) is 21.3. The Bertz CT molecular complexity index is 889. The van der Waals surface area contributed by atoms with Gasteiger partial charge >= 0.3 is 5.97 Å². The molecule has 5 nitrogen and oxygen atoms in total. The van der Waals surface area contributed by atoms with Crippen LogP contribution < -0.4 is 4.43 Å². The van der Waals surface area contributed by atoms with Crippen molar-refractivity contribution in [2.24, 2.45) is 0 Å². The second kappa shape index (κ2) is 9.82. The van der Waals surface area contributed by atoms with Crippen LogP contribution in [0.1, 0.15) is 83.9 Å². The molecular formula is C26H51NO4Si3. The zero-order valence-electron chi connectivity index (χ0n) is 24.9. The van der Waals surface area contributed by atoms with Gasteiger partial charge in [-0.1, -0.05) is 62.3 Å². The van der Waals surface area contributed by atoms with Gasteiger partial charge < -0.3 is 13.3 Å². The Morgan fingerprint density at radius 3 is 1.65 bits per heavy atom. The van der Waals surface area contributed by atoms with E-state index >= 15 is 0 Å². The molecule has 0 saturated heterocycles. The summed E-state index contributed by atoms with van der Waals surface area (Å²) in [4.78, 5) is 18.5. The van der Waals surface area contributed by atoms with Gasteiger partial charge in [0.1, 0.15) is 11.3 Å². The van der Waals surface area contributed by atoms with E-state index in [2.05, 4.69) is 107 Å². The second-order valence-corrected chi connectivity index (χ2v) is 28.4. The predicted molar refractivity (Wildman–Crippen MR) is 151 cm³/mol. The molecule has 0 unspecified atom stereocenters. The molecule has 0 saturated carbocycles. The fourth-order valence-electron chi connectivity index (χ4n) is 2.40. The van der Waals surface area contributed by atoms with Crippen LogP contribution in [0.25, 0.3) is 0 Å². The molecule has 196 valence electrons. The van der Waals surface area contributed by atoms with Gasteiger partial charge in [-0.3, -0.25) is 4.98 Å². The highest BCUT2D eigenvalue weighted by molar-refractivity contribution is 6.76. The normalized spacial score (nSPS) is 14.2. The standard InChI is InChI=1S/C26H51NO4Si3/c1-19-22(30-33(13,14)25(5,6)7)21(23(28)31-34(15,16)26(8,9)10)20(17-27-19)18-29-32(11,12)24(2,3)4/h17H,18H2,1-16H3. The molecule has 34 heavy (non-hydrogen) atoms. The Morgan fingerprint density at radius 1 is 0.794 bits per heavy atom. The van der Waals surface area contributed by atoms with Crippen LogP contribution in [0.5, 0.6) is 5.75 Å². The Morgan fingerprint density at radius 2 is 1.24 bits per heavy atom. The third kappa shape index (κ3) is 7.04. The van der Waals surface area contributed by atoms with Crippen LogP contribution >= 0.6 is 0 Å². The van der Waals surface area contributed by atoms with E-state index in [0.717, 1.165) is 5.56 Å². The summed E-state index contributed by atoms with van der Waals surface area (Å²) in [7, 11) is -6.61. The first kappa shape index (κ1) is 31.1. The maximum absolute atomic E-state index is 13.8. The molecule has 0 aliphatic rings. The van der Waals surface area contributed by atoms with E-state index in [0.29, 0.717) is 23.6 Å². The molecule has 0 atom stereocenters. The zero-order chi connectivity index (χ0) is 27.1. The molecule has 1 heterocycles. The summed E-state index contributed by atoms with van der Waals surface area (Å²) >= 11 is 0. The Hall–Kier alpha value is -0.969. The lowest BCUT2D eigenvalue weighted by Gasteiger charge is -2.39. The van der Waals surface area contributed by atoms with Gasteiger partial charge in [0.2, 0.25) is 0 Å². The first-order chi connectivity index (χ1) is 14.8. The van der Waals surface area contributed by atoms with E-state index in [-0.39, 0.29) is 21.1 Å². The summed E-state index contributed by atoms with van der Waals surface area (Å²) in [5.41, 5.74) is 1.94. The SMILES string of the molecule is Cc1ncc(CO[Si](C)(C)C(C)(C)C)c(C(=O)O[Si](C)(C)C(C)(C)C)c1O[Si](C)(C)C(C)(C)C. The van der Waals surface area contributed by atoms with Gasteiger partial charge in [-0.25, -0.2) is 4.79 Å². The summed E-state index contributed by atoms with van der Waals surface area (Å²) in [5, 5.41) is -0.0515. The average Bonchev–Trinajstić information content (AvgIpc) is 2.58. The fourth-order valence-corrected chi connectivity index (χ4v) is 5.29. The number of pyridine rings is 1. The van der Waals surface area contributed by atoms with E-state index in [1.807, 2.05) is 6.92 Å². The molecule has 0 fully saturated rings. The number of hydrogen-bond donors (Lipinski definition) is 0. The summed E-state index contributed by atoms with van der Waals surface area (Å²) in [6.07, 6.45) is 1.77. The molecule has 0 aromatic carbocycles. The van der Waals surface area contributed by atoms with Gasteiger partial charge in [-0.15, -0.1) is 0 Å². The maximum Gasteiger partial charge on any atom is 0.329 e. The lowest BCUT2D eigenvalue weighted by molar-refractivity contribution is 0.0706. The minimum atomic E-state index is -2.35. The van der Waals surface area contributed by atoms with Gasteiger partial charge in [-0.2, -0.15) is 0 Å². The third-order valence-electron chi connectivity index (χ3n) is 8.21. The van der Waals surface area contributed by atoms with Gasteiger partial charge in [0.05, 0.1) is 12.3 Å². The van der Waals surface area contributed by atoms with Gasteiger partial charge in [0.15, 0.2) is 8.32 Å². The molecular weight excluding hydrogens is 475 g/mol. The molecule has 0 aliphatic heterocycles. The van der Waals surface area contributed by atoms with Gasteiger partial charge in [0, 0.05) is 11.8 Å². The molecule has 1 rings (SSSR count). The molecule has 0 amide bonds. The number of rotatable bonds is 7. The number of hydrogen-bond acceptors (Lipinski definition) is 5. The Balaban J connectivity index is 3.65. The molecule has 8 heteroatoms. The van der Waals surface area contributed by atoms with Crippen LogP contribution in [0.3, 0.4) is 0 Å². The topological polar surface area (TPSA) is 57.7 Å². The molecule has 0 N–H and O–H groups in total. The Labute approximate surface area is 212 Å². The predicted octanol–water partition coefficient (Wildman–Crippen LogP) is 8.46. The molecule has 0 spiro atoms. The lowest BCUT2D eigenvalue weighted by Crippen LogP contribution is -2.45. The van der Waals surface area contributed by atoms with Crippen LogP contribution in [0, 0.1) is 6.92 Å². The largest absolute Gasteiger partial charge is 0.542 e. The summed E-state index contributed by atoms with van der Waals surface area (Å²) in [6.45, 7) is 34.9. The van der Waals surface area contributed by atoms with Crippen LogP contribution in [0.4, 0.5) is 0 Å². The van der Waals surface area contributed by atoms with Gasteiger partial charge in [0.25, 0.3) is 16.6 Å². The van der Waals surface area contributed by atoms with E-state index in [4.69, 9.17) is 13.3 Å². The average molecular weight is 526 g/mol. The van der Waals surface area contributed by atoms with Gasteiger partial charge in [-0.05, 0) is 61.3 Å². The van der Waals surface area contributed by atoms with E-state index in [9.17, 15) is 4.79 Å². The first-order valence-corrected chi connectivity index (χ1v) is 21.1. The smallest absolute Gasteiger partial charge is 0.329 e. The summed E-state index contributed by atoms with van der Waals surface area (Å²) in [5.74, 6) is 0.242. The minimum Gasteiger partial charge on any atom is -0.542 e. The van der Waals surface area contributed by atoms with Crippen molar-refractivity contribution < 1.29 is 18.1 Å². The first-order valence-electron chi connectivity index (χ1n) is 12.4. The maximum atomic E-state index is 13.8. The second-order valence-electron chi connectivity index (χ2n) is 14.1. The van der Waals surface area contributed by atoms with Crippen LogP contribution in [-0.4, -0.2) is 35.9 Å². The molecule has 0 bridgehead atoms. The monoisotopic (exact) mass is 525 g/mol. The van der Waals surface area contributed by atoms with Crippen LogP contribution in [-0.2, 0) is 15.5 Å². The van der Waals surface area contributed by atoms with Crippen molar-refractivity contribution in [1.82, 2.24) is 4.98 Å². The van der Waals surface area contributed by atoms with Crippen molar-refractivity contribution in [3.8, 4) is 5.75 Å². The van der Waals surface area contributed by atoms with Crippen molar-refractivity contribution in [3.63, 3.8) is 0 Å². The highest BCUT2D eigenvalue weighted by Gasteiger charge is 2.44. The number of aromatic nitrogens is 1. The molecule has 1 aromatic rings. The lowest BCUT2D eigenvalue weighted by atomic mass is 10.1. The number of carbonyl (C=O) groups excluding carboxylic acids is 1. The number of nitrogens with zero attached hydrogens (tertiary/aromatic N) is 1. The summed E-state index contributed by atoms with van der Waals surface area (Å²) in [6, 6.07) is 0. The zero-order valence-corrected chi connectivity index (χ0v) is 27.9. The number of aryl methyl sites for hydroxylation is 1. The van der Waals surface area contributed by atoms with Crippen molar-refractivity contribution in [3.05, 3.63) is 23.0 Å². The van der Waals surface area contributed by atoms with Crippen LogP contribution in [0.15, 0.2) is 6.20 Å². The molecule has 0 aliphatic carbocycles. The summed E-state index contributed by atoms with van der Waals surface area (Å²) < 4.78 is 19.5. The quantitative estimate of drug-likeness (QED) is 0.334. The van der Waals surface area contributed by atoms with Crippen molar-refractivity contribution in [1.29, 1.82) is 0 Å². The Kier molecular flexibility index (Phi) is 8.97. The van der Waals surface area contributed by atoms with Crippen molar-refractivity contribution in [2.75, 3.05) is 0 Å². The van der Waals surface area contributed by atoms with Crippen molar-refractivity contribution in [2.45, 2.75) is 130 Å². The van der Waals surface area contributed by atoms with E-state index in [1.54, 1.807) is 6.20 Å².